The quantitative estimate of drug-likeness (QED) is 0.796. The molecule has 0 bridgehead atoms. The summed E-state index contributed by atoms with van der Waals surface area (Å²) in [5.74, 6) is 0. The maximum atomic E-state index is 11.8. The van der Waals surface area contributed by atoms with Crippen LogP contribution in [0, 0.1) is 0 Å². The van der Waals surface area contributed by atoms with Crippen molar-refractivity contribution in [3.05, 3.63) is 52.8 Å². The molecule has 0 spiro atoms. The number of aryl methyl sites for hydroxylation is 1. The molecule has 0 saturated carbocycles. The Morgan fingerprint density at radius 2 is 1.91 bits per heavy atom. The van der Waals surface area contributed by atoms with E-state index in [1.165, 1.54) is 10.7 Å². The minimum absolute atomic E-state index is 0.112. The number of nitrogens with one attached hydrogen (secondary N) is 2. The summed E-state index contributed by atoms with van der Waals surface area (Å²) in [7, 11) is 1.58. The first-order valence-corrected chi connectivity index (χ1v) is 7.30. The number of aromatic nitrogens is 2. The van der Waals surface area contributed by atoms with Crippen molar-refractivity contribution in [3.8, 4) is 11.3 Å². The van der Waals surface area contributed by atoms with Crippen LogP contribution < -0.4 is 16.2 Å². The lowest BCUT2D eigenvalue weighted by molar-refractivity contribution is 0.242. The van der Waals surface area contributed by atoms with Crippen LogP contribution in [0.2, 0.25) is 0 Å². The number of amides is 2. The minimum atomic E-state index is -0.193. The van der Waals surface area contributed by atoms with Crippen molar-refractivity contribution in [3.63, 3.8) is 0 Å². The van der Waals surface area contributed by atoms with Crippen molar-refractivity contribution in [1.82, 2.24) is 20.4 Å². The van der Waals surface area contributed by atoms with Gasteiger partial charge in [-0.25, -0.2) is 9.48 Å². The molecule has 0 aliphatic heterocycles. The Morgan fingerprint density at radius 3 is 2.64 bits per heavy atom. The van der Waals surface area contributed by atoms with Crippen LogP contribution in [-0.4, -0.2) is 29.4 Å². The highest BCUT2D eigenvalue weighted by Gasteiger charge is 2.03. The van der Waals surface area contributed by atoms with Crippen LogP contribution in [-0.2, 0) is 6.54 Å². The minimum Gasteiger partial charge on any atom is -0.341 e. The van der Waals surface area contributed by atoms with Crippen LogP contribution in [0.4, 0.5) is 4.79 Å². The highest BCUT2D eigenvalue weighted by atomic mass is 16.2. The third-order valence-electron chi connectivity index (χ3n) is 3.25. The molecular weight excluding hydrogens is 280 g/mol. The monoisotopic (exact) mass is 300 g/mol. The summed E-state index contributed by atoms with van der Waals surface area (Å²) in [5.41, 5.74) is 1.65. The Kier molecular flexibility index (Phi) is 5.71. The number of benzene rings is 1. The van der Waals surface area contributed by atoms with Crippen LogP contribution in [0.15, 0.2) is 47.3 Å². The Bertz CT molecular complexity index is 667. The van der Waals surface area contributed by atoms with Gasteiger partial charge in [0.2, 0.25) is 0 Å². The fraction of sp³-hybridized carbons (Fsp3) is 0.312. The van der Waals surface area contributed by atoms with Crippen LogP contribution >= 0.6 is 0 Å². The van der Waals surface area contributed by atoms with E-state index >= 15 is 0 Å². The highest BCUT2D eigenvalue weighted by molar-refractivity contribution is 5.73. The zero-order valence-electron chi connectivity index (χ0n) is 12.6. The third kappa shape index (κ3) is 4.44. The third-order valence-corrected chi connectivity index (χ3v) is 3.25. The van der Waals surface area contributed by atoms with Crippen molar-refractivity contribution in [2.75, 3.05) is 13.6 Å². The Morgan fingerprint density at radius 1 is 1.14 bits per heavy atom. The summed E-state index contributed by atoms with van der Waals surface area (Å²) in [6.07, 6.45) is 1.56. The smallest absolute Gasteiger partial charge is 0.314 e. The van der Waals surface area contributed by atoms with E-state index in [9.17, 15) is 9.59 Å². The molecule has 1 aromatic carbocycles. The van der Waals surface area contributed by atoms with E-state index < -0.39 is 0 Å². The van der Waals surface area contributed by atoms with Gasteiger partial charge in [-0.1, -0.05) is 30.3 Å². The second kappa shape index (κ2) is 7.97. The Labute approximate surface area is 129 Å². The Hall–Kier alpha value is -2.63. The average molecular weight is 300 g/mol. The van der Waals surface area contributed by atoms with Gasteiger partial charge in [0.25, 0.3) is 5.56 Å². The molecule has 0 saturated heterocycles. The van der Waals surface area contributed by atoms with Gasteiger partial charge in [-0.05, 0) is 18.9 Å². The van der Waals surface area contributed by atoms with Gasteiger partial charge in [-0.2, -0.15) is 5.10 Å². The van der Waals surface area contributed by atoms with Crippen LogP contribution in [0.5, 0.6) is 0 Å². The molecule has 0 radical (unpaired) electrons. The Balaban J connectivity index is 1.94. The number of carbonyl (C=O) groups excluding carboxylic acids is 1. The molecule has 2 amide bonds. The fourth-order valence-electron chi connectivity index (χ4n) is 2.05. The second-order valence-electron chi connectivity index (χ2n) is 4.86. The first kappa shape index (κ1) is 15.8. The van der Waals surface area contributed by atoms with E-state index in [1.54, 1.807) is 13.1 Å². The van der Waals surface area contributed by atoms with Crippen LogP contribution in [0.1, 0.15) is 12.8 Å². The average Bonchev–Trinajstić information content (AvgIpc) is 2.56. The SMILES string of the molecule is CNC(=O)NCCCCn1nc(-c2ccccc2)ccc1=O. The van der Waals surface area contributed by atoms with Gasteiger partial charge in [0, 0.05) is 31.8 Å². The molecule has 22 heavy (non-hydrogen) atoms. The van der Waals surface area contributed by atoms with Crippen LogP contribution in [0.25, 0.3) is 11.3 Å². The summed E-state index contributed by atoms with van der Waals surface area (Å²) in [6, 6.07) is 12.8. The van der Waals surface area contributed by atoms with Gasteiger partial charge in [0.15, 0.2) is 0 Å². The summed E-state index contributed by atoms with van der Waals surface area (Å²) >= 11 is 0. The molecule has 1 aromatic heterocycles. The molecule has 0 aliphatic carbocycles. The number of unbranched alkanes of at least 4 members (excludes halogenated alkanes) is 1. The maximum absolute atomic E-state index is 11.8. The summed E-state index contributed by atoms with van der Waals surface area (Å²) in [6.45, 7) is 1.11. The van der Waals surface area contributed by atoms with E-state index in [0.29, 0.717) is 13.1 Å². The van der Waals surface area contributed by atoms with E-state index in [2.05, 4.69) is 15.7 Å². The van der Waals surface area contributed by atoms with E-state index in [4.69, 9.17) is 0 Å². The summed E-state index contributed by atoms with van der Waals surface area (Å²) in [5, 5.41) is 9.60. The van der Waals surface area contributed by atoms with Gasteiger partial charge in [-0.3, -0.25) is 4.79 Å². The van der Waals surface area contributed by atoms with E-state index in [-0.39, 0.29) is 11.6 Å². The van der Waals surface area contributed by atoms with Crippen molar-refractivity contribution in [1.29, 1.82) is 0 Å². The predicted octanol–water partition coefficient (Wildman–Crippen LogP) is 1.62. The van der Waals surface area contributed by atoms with Crippen molar-refractivity contribution in [2.45, 2.75) is 19.4 Å². The molecule has 0 unspecified atom stereocenters. The first-order valence-electron chi connectivity index (χ1n) is 7.30. The van der Waals surface area contributed by atoms with Crippen LogP contribution in [0.3, 0.4) is 0 Å². The van der Waals surface area contributed by atoms with Crippen molar-refractivity contribution < 1.29 is 4.79 Å². The van der Waals surface area contributed by atoms with Gasteiger partial charge in [-0.15, -0.1) is 0 Å². The predicted molar refractivity (Wildman–Crippen MR) is 85.6 cm³/mol. The molecule has 0 atom stereocenters. The number of carbonyl (C=O) groups is 1. The largest absolute Gasteiger partial charge is 0.341 e. The number of nitrogens with zero attached hydrogens (tertiary/aromatic N) is 2. The van der Waals surface area contributed by atoms with Crippen molar-refractivity contribution in [2.24, 2.45) is 0 Å². The normalized spacial score (nSPS) is 10.2. The summed E-state index contributed by atoms with van der Waals surface area (Å²) < 4.78 is 1.47. The molecule has 0 aliphatic rings. The molecule has 116 valence electrons. The lowest BCUT2D eigenvalue weighted by Gasteiger charge is -2.08. The molecule has 2 aromatic rings. The van der Waals surface area contributed by atoms with Gasteiger partial charge in [0.1, 0.15) is 0 Å². The zero-order chi connectivity index (χ0) is 15.8. The first-order chi connectivity index (χ1) is 10.7. The van der Waals surface area contributed by atoms with Crippen molar-refractivity contribution >= 4 is 6.03 Å². The molecule has 2 N–H and O–H groups in total. The molecule has 0 fully saturated rings. The number of urea groups is 1. The zero-order valence-corrected chi connectivity index (χ0v) is 12.6. The van der Waals surface area contributed by atoms with Gasteiger partial charge >= 0.3 is 6.03 Å². The topological polar surface area (TPSA) is 76.0 Å². The van der Waals surface area contributed by atoms with E-state index in [0.717, 1.165) is 24.1 Å². The van der Waals surface area contributed by atoms with Gasteiger partial charge in [0.05, 0.1) is 5.69 Å². The number of hydrogen-bond donors (Lipinski definition) is 2. The second-order valence-corrected chi connectivity index (χ2v) is 4.86. The number of hydrogen-bond acceptors (Lipinski definition) is 3. The van der Waals surface area contributed by atoms with Gasteiger partial charge < -0.3 is 10.6 Å². The lowest BCUT2D eigenvalue weighted by Crippen LogP contribution is -2.33. The number of rotatable bonds is 6. The summed E-state index contributed by atoms with van der Waals surface area (Å²) in [4.78, 5) is 22.9. The lowest BCUT2D eigenvalue weighted by atomic mass is 10.1. The molecular formula is C16H20N4O2. The fourth-order valence-corrected chi connectivity index (χ4v) is 2.05. The standard InChI is InChI=1S/C16H20N4O2/c1-17-16(22)18-11-5-6-12-20-15(21)10-9-14(19-20)13-7-3-2-4-8-13/h2-4,7-10H,5-6,11-12H2,1H3,(H2,17,18,22). The molecule has 6 heteroatoms. The highest BCUT2D eigenvalue weighted by Crippen LogP contribution is 2.13. The van der Waals surface area contributed by atoms with E-state index in [1.807, 2.05) is 30.3 Å². The molecule has 6 nitrogen and oxygen atoms in total. The molecule has 1 heterocycles. The maximum Gasteiger partial charge on any atom is 0.314 e. The molecule has 2 rings (SSSR count).